The molecule has 0 radical (unpaired) electrons. The second-order valence-corrected chi connectivity index (χ2v) is 5.06. The molecule has 112 valence electrons. The van der Waals surface area contributed by atoms with Gasteiger partial charge in [-0.2, -0.15) is 4.98 Å². The van der Waals surface area contributed by atoms with Crippen molar-refractivity contribution in [1.29, 1.82) is 0 Å². The number of ether oxygens (including phenoxy) is 3. The summed E-state index contributed by atoms with van der Waals surface area (Å²) in [7, 11) is 3.15. The van der Waals surface area contributed by atoms with E-state index in [0.717, 1.165) is 31.7 Å². The lowest BCUT2D eigenvalue weighted by atomic mass is 9.90. The molecule has 1 aromatic rings. The fourth-order valence-electron chi connectivity index (χ4n) is 2.65. The summed E-state index contributed by atoms with van der Waals surface area (Å²) < 4.78 is 16.4. The number of hydrogen-bond acceptors (Lipinski definition) is 6. The van der Waals surface area contributed by atoms with Crippen molar-refractivity contribution < 1.29 is 14.2 Å². The molecule has 0 aliphatic carbocycles. The van der Waals surface area contributed by atoms with Gasteiger partial charge in [-0.1, -0.05) is 6.92 Å². The van der Waals surface area contributed by atoms with Crippen LogP contribution in [0.4, 0.5) is 0 Å². The van der Waals surface area contributed by atoms with Gasteiger partial charge in [-0.15, -0.1) is 0 Å². The lowest BCUT2D eigenvalue weighted by Crippen LogP contribution is -2.42. The number of nitrogens with zero attached hydrogens (tertiary/aromatic N) is 2. The summed E-state index contributed by atoms with van der Waals surface area (Å²) in [6.07, 6.45) is 3.66. The van der Waals surface area contributed by atoms with Gasteiger partial charge < -0.3 is 19.5 Å². The zero-order valence-electron chi connectivity index (χ0n) is 12.6. The first-order valence-electron chi connectivity index (χ1n) is 6.97. The molecule has 20 heavy (non-hydrogen) atoms. The van der Waals surface area contributed by atoms with Crippen LogP contribution in [0.2, 0.25) is 0 Å². The molecule has 0 spiro atoms. The maximum atomic E-state index is 5.95. The van der Waals surface area contributed by atoms with Crippen LogP contribution in [0.15, 0.2) is 6.20 Å². The second-order valence-electron chi connectivity index (χ2n) is 5.06. The van der Waals surface area contributed by atoms with E-state index in [0.29, 0.717) is 11.8 Å². The molecular formula is C14H23N3O3. The van der Waals surface area contributed by atoms with Crippen LogP contribution in [0.1, 0.15) is 38.4 Å². The quantitative estimate of drug-likeness (QED) is 0.856. The van der Waals surface area contributed by atoms with Crippen molar-refractivity contribution in [2.75, 3.05) is 27.4 Å². The van der Waals surface area contributed by atoms with Crippen molar-refractivity contribution in [3.63, 3.8) is 0 Å². The standard InChI is InChI=1S/C14H23N3O3/c1-5-15-12(14(2)7-6-8-20-14)11-13(19-4)17-10(18-3)9-16-11/h9,12,15H,5-8H2,1-4H3. The van der Waals surface area contributed by atoms with Gasteiger partial charge in [-0.3, -0.25) is 0 Å². The Labute approximate surface area is 119 Å². The van der Waals surface area contributed by atoms with Gasteiger partial charge in [0.15, 0.2) is 0 Å². The van der Waals surface area contributed by atoms with Crippen molar-refractivity contribution in [1.82, 2.24) is 15.3 Å². The second kappa shape index (κ2) is 6.37. The number of aromatic nitrogens is 2. The highest BCUT2D eigenvalue weighted by atomic mass is 16.5. The van der Waals surface area contributed by atoms with Gasteiger partial charge in [0, 0.05) is 6.61 Å². The fourth-order valence-corrected chi connectivity index (χ4v) is 2.65. The Bertz CT molecular complexity index is 447. The molecule has 1 N–H and O–H groups in total. The molecule has 1 fully saturated rings. The number of methoxy groups -OCH3 is 2. The van der Waals surface area contributed by atoms with E-state index in [9.17, 15) is 0 Å². The summed E-state index contributed by atoms with van der Waals surface area (Å²) in [5.74, 6) is 0.922. The maximum absolute atomic E-state index is 5.95. The van der Waals surface area contributed by atoms with Crippen molar-refractivity contribution in [3.05, 3.63) is 11.9 Å². The van der Waals surface area contributed by atoms with Crippen molar-refractivity contribution in [3.8, 4) is 11.8 Å². The molecule has 1 aromatic heterocycles. The predicted octanol–water partition coefficient (Wildman–Crippen LogP) is 1.71. The highest BCUT2D eigenvalue weighted by Gasteiger charge is 2.41. The molecule has 2 rings (SSSR count). The molecule has 6 heteroatoms. The van der Waals surface area contributed by atoms with E-state index in [1.54, 1.807) is 20.4 Å². The van der Waals surface area contributed by atoms with Gasteiger partial charge in [0.25, 0.3) is 0 Å². The van der Waals surface area contributed by atoms with Crippen LogP contribution in [0.25, 0.3) is 0 Å². The van der Waals surface area contributed by atoms with E-state index in [4.69, 9.17) is 14.2 Å². The minimum atomic E-state index is -0.285. The number of likely N-dealkylation sites (N-methyl/N-ethyl adjacent to an activating group) is 1. The third kappa shape index (κ3) is 2.86. The number of nitrogens with one attached hydrogen (secondary N) is 1. The highest BCUT2D eigenvalue weighted by Crippen LogP contribution is 2.39. The van der Waals surface area contributed by atoms with Crippen molar-refractivity contribution in [2.24, 2.45) is 0 Å². The zero-order valence-corrected chi connectivity index (χ0v) is 12.6. The van der Waals surface area contributed by atoms with Crippen LogP contribution >= 0.6 is 0 Å². The molecule has 1 aliphatic heterocycles. The summed E-state index contributed by atoms with van der Waals surface area (Å²) in [5.41, 5.74) is 0.478. The number of rotatable bonds is 6. The SMILES string of the molecule is CCNC(c1ncc(OC)nc1OC)C1(C)CCCO1. The Morgan fingerprint density at radius 3 is 2.80 bits per heavy atom. The molecule has 0 saturated carbocycles. The molecule has 0 aromatic carbocycles. The van der Waals surface area contributed by atoms with Crippen molar-refractivity contribution in [2.45, 2.75) is 38.3 Å². The Morgan fingerprint density at radius 1 is 1.45 bits per heavy atom. The molecule has 1 aliphatic rings. The Kier molecular flexibility index (Phi) is 4.77. The third-order valence-electron chi connectivity index (χ3n) is 3.69. The van der Waals surface area contributed by atoms with Gasteiger partial charge in [0.05, 0.1) is 32.1 Å². The summed E-state index contributed by atoms with van der Waals surface area (Å²) >= 11 is 0. The first-order valence-corrected chi connectivity index (χ1v) is 6.97. The third-order valence-corrected chi connectivity index (χ3v) is 3.69. The Morgan fingerprint density at radius 2 is 2.25 bits per heavy atom. The fraction of sp³-hybridized carbons (Fsp3) is 0.714. The number of hydrogen-bond donors (Lipinski definition) is 1. The van der Waals surface area contributed by atoms with Gasteiger partial charge in [0.1, 0.15) is 5.69 Å². The average Bonchev–Trinajstić information content (AvgIpc) is 2.92. The van der Waals surface area contributed by atoms with Crippen LogP contribution in [0.3, 0.4) is 0 Å². The van der Waals surface area contributed by atoms with Gasteiger partial charge in [-0.05, 0) is 26.3 Å². The normalized spacial score (nSPS) is 23.6. The molecule has 2 heterocycles. The van der Waals surface area contributed by atoms with Crippen LogP contribution in [-0.2, 0) is 4.74 Å². The zero-order chi connectivity index (χ0) is 14.6. The predicted molar refractivity (Wildman–Crippen MR) is 75.1 cm³/mol. The van der Waals surface area contributed by atoms with Gasteiger partial charge in [-0.25, -0.2) is 4.98 Å². The lowest BCUT2D eigenvalue weighted by Gasteiger charge is -2.33. The monoisotopic (exact) mass is 281 g/mol. The van der Waals surface area contributed by atoms with Gasteiger partial charge >= 0.3 is 0 Å². The molecule has 0 amide bonds. The van der Waals surface area contributed by atoms with E-state index in [-0.39, 0.29) is 11.6 Å². The van der Waals surface area contributed by atoms with Crippen LogP contribution < -0.4 is 14.8 Å². The smallest absolute Gasteiger partial charge is 0.240 e. The first-order chi connectivity index (χ1) is 9.64. The molecular weight excluding hydrogens is 258 g/mol. The van der Waals surface area contributed by atoms with E-state index in [2.05, 4.69) is 29.1 Å². The van der Waals surface area contributed by atoms with E-state index < -0.39 is 0 Å². The maximum Gasteiger partial charge on any atom is 0.240 e. The summed E-state index contributed by atoms with van der Waals surface area (Å²) in [6.45, 7) is 5.78. The van der Waals surface area contributed by atoms with E-state index in [1.807, 2.05) is 0 Å². The lowest BCUT2D eigenvalue weighted by molar-refractivity contribution is -0.0140. The van der Waals surface area contributed by atoms with Crippen LogP contribution in [0, 0.1) is 0 Å². The van der Waals surface area contributed by atoms with E-state index >= 15 is 0 Å². The molecule has 6 nitrogen and oxygen atoms in total. The minimum Gasteiger partial charge on any atom is -0.480 e. The summed E-state index contributed by atoms with van der Waals surface area (Å²) in [5, 5.41) is 3.45. The van der Waals surface area contributed by atoms with E-state index in [1.165, 1.54) is 0 Å². The average molecular weight is 281 g/mol. The Hall–Kier alpha value is -1.40. The minimum absolute atomic E-state index is 0.0524. The molecule has 2 atom stereocenters. The van der Waals surface area contributed by atoms with Crippen molar-refractivity contribution >= 4 is 0 Å². The molecule has 2 unspecified atom stereocenters. The molecule has 0 bridgehead atoms. The summed E-state index contributed by atoms with van der Waals surface area (Å²) in [6, 6.07) is -0.0524. The largest absolute Gasteiger partial charge is 0.480 e. The topological polar surface area (TPSA) is 65.5 Å². The summed E-state index contributed by atoms with van der Waals surface area (Å²) in [4.78, 5) is 8.79. The highest BCUT2D eigenvalue weighted by molar-refractivity contribution is 5.28. The Balaban J connectivity index is 2.38. The first kappa shape index (κ1) is 15.0. The van der Waals surface area contributed by atoms with Gasteiger partial charge in [0.2, 0.25) is 11.8 Å². The van der Waals surface area contributed by atoms with Crippen LogP contribution in [0.5, 0.6) is 11.8 Å². The van der Waals surface area contributed by atoms with Crippen LogP contribution in [-0.4, -0.2) is 42.9 Å². The molecule has 1 saturated heterocycles.